The molecule has 6 nitrogen and oxygen atoms in total. The van der Waals surface area contributed by atoms with Gasteiger partial charge in [-0.25, -0.2) is 0 Å². The van der Waals surface area contributed by atoms with Crippen LogP contribution in [0.15, 0.2) is 109 Å². The van der Waals surface area contributed by atoms with E-state index in [4.69, 9.17) is 9.47 Å². The van der Waals surface area contributed by atoms with Crippen LogP contribution in [0.25, 0.3) is 11.4 Å². The van der Waals surface area contributed by atoms with E-state index in [1.165, 1.54) is 17.0 Å². The van der Waals surface area contributed by atoms with Gasteiger partial charge in [0, 0.05) is 43.1 Å². The molecule has 2 heterocycles. The molecular formula is C34H37N4NaO2. The van der Waals surface area contributed by atoms with Gasteiger partial charge < -0.3 is 31.3 Å². The molecular weight excluding hydrogens is 519 g/mol. The first kappa shape index (κ1) is 29.2. The quantitative estimate of drug-likeness (QED) is 0.255. The van der Waals surface area contributed by atoms with Gasteiger partial charge in [-0.3, -0.25) is 0 Å². The number of anilines is 4. The second kappa shape index (κ2) is 14.6. The maximum atomic E-state index is 5.82. The zero-order chi connectivity index (χ0) is 27.0. The van der Waals surface area contributed by atoms with Crippen LogP contribution in [0.1, 0.15) is 12.6 Å². The molecule has 0 radical (unpaired) electrons. The topological polar surface area (TPSA) is 49.0 Å². The minimum Gasteiger partial charge on any atom is -1.00 e. The summed E-state index contributed by atoms with van der Waals surface area (Å²) in [7, 11) is 0. The third kappa shape index (κ3) is 7.15. The van der Waals surface area contributed by atoms with Crippen LogP contribution < -0.4 is 40.2 Å². The monoisotopic (exact) mass is 556 g/mol. The van der Waals surface area contributed by atoms with E-state index in [-0.39, 0.29) is 31.0 Å². The Morgan fingerprint density at radius 1 is 0.537 bits per heavy atom. The molecule has 2 aliphatic rings. The van der Waals surface area contributed by atoms with Gasteiger partial charge in [-0.2, -0.15) is 0 Å². The molecule has 0 spiro atoms. The van der Waals surface area contributed by atoms with Crippen molar-refractivity contribution in [1.82, 2.24) is 9.80 Å². The summed E-state index contributed by atoms with van der Waals surface area (Å²) in [5.41, 5.74) is 8.96. The van der Waals surface area contributed by atoms with Crippen molar-refractivity contribution in [2.75, 3.05) is 63.2 Å². The van der Waals surface area contributed by atoms with E-state index in [2.05, 4.69) is 117 Å². The van der Waals surface area contributed by atoms with Gasteiger partial charge in [0.2, 0.25) is 0 Å². The van der Waals surface area contributed by atoms with Crippen LogP contribution in [0.3, 0.4) is 0 Å². The summed E-state index contributed by atoms with van der Waals surface area (Å²) in [4.78, 5) is 4.99. The average molecular weight is 557 g/mol. The predicted molar refractivity (Wildman–Crippen MR) is 165 cm³/mol. The van der Waals surface area contributed by atoms with Crippen molar-refractivity contribution in [2.24, 2.45) is 0 Å². The second-order valence-electron chi connectivity index (χ2n) is 9.97. The third-order valence-electron chi connectivity index (χ3n) is 7.34. The molecule has 0 aromatic heterocycles. The first-order valence-electron chi connectivity index (χ1n) is 14.1. The number of hydrogen-bond donors (Lipinski definition) is 2. The van der Waals surface area contributed by atoms with Crippen LogP contribution in [-0.2, 0) is 9.47 Å². The van der Waals surface area contributed by atoms with E-state index >= 15 is 0 Å². The summed E-state index contributed by atoms with van der Waals surface area (Å²) in [6.45, 7) is 6.21. The summed E-state index contributed by atoms with van der Waals surface area (Å²) < 4.78 is 11.6. The van der Waals surface area contributed by atoms with Crippen molar-refractivity contribution in [3.63, 3.8) is 0 Å². The van der Waals surface area contributed by atoms with Gasteiger partial charge in [0.05, 0.1) is 49.2 Å². The number of benzene rings is 4. The molecule has 0 saturated carbocycles. The Labute approximate surface area is 266 Å². The van der Waals surface area contributed by atoms with E-state index in [9.17, 15) is 0 Å². The van der Waals surface area contributed by atoms with Crippen molar-refractivity contribution in [2.45, 2.75) is 0 Å². The number of para-hydroxylation sites is 3. The Morgan fingerprint density at radius 2 is 1.02 bits per heavy atom. The van der Waals surface area contributed by atoms with Crippen molar-refractivity contribution >= 4 is 34.1 Å². The van der Waals surface area contributed by atoms with Gasteiger partial charge in [0.1, 0.15) is 0 Å². The molecule has 6 rings (SSSR count). The van der Waals surface area contributed by atoms with E-state index < -0.39 is 0 Å². The third-order valence-corrected chi connectivity index (χ3v) is 7.34. The Balaban J connectivity index is 0.00000202. The minimum atomic E-state index is 0. The maximum Gasteiger partial charge on any atom is 1.00 e. The van der Waals surface area contributed by atoms with Gasteiger partial charge in [-0.1, -0.05) is 78.9 Å². The average Bonchev–Trinajstić information content (AvgIpc) is 3.03. The van der Waals surface area contributed by atoms with E-state index in [0.717, 1.165) is 67.7 Å². The number of ether oxygens (including phenoxy) is 2. The van der Waals surface area contributed by atoms with Gasteiger partial charge in [-0.05, 0) is 35.9 Å². The molecule has 206 valence electrons. The fourth-order valence-electron chi connectivity index (χ4n) is 5.42. The largest absolute Gasteiger partial charge is 1.00 e. The van der Waals surface area contributed by atoms with Gasteiger partial charge >= 0.3 is 29.6 Å². The molecule has 4 aromatic carbocycles. The predicted octanol–water partition coefficient (Wildman–Crippen LogP) is 3.78. The van der Waals surface area contributed by atoms with Crippen LogP contribution in [0, 0.1) is 0 Å². The van der Waals surface area contributed by atoms with Crippen LogP contribution >= 0.6 is 0 Å². The zero-order valence-electron chi connectivity index (χ0n) is 24.8. The Hall–Kier alpha value is -3.26. The number of rotatable bonds is 8. The maximum absolute atomic E-state index is 5.82. The summed E-state index contributed by atoms with van der Waals surface area (Å²) >= 11 is 0. The van der Waals surface area contributed by atoms with Crippen LogP contribution in [0.2, 0.25) is 0 Å². The fraction of sp³-hybridized carbons (Fsp3) is 0.235. The van der Waals surface area contributed by atoms with Crippen molar-refractivity contribution in [3.8, 4) is 0 Å². The Bertz CT molecular complexity index is 1410. The molecule has 41 heavy (non-hydrogen) atoms. The Kier molecular flexibility index (Phi) is 10.4. The molecule has 0 atom stereocenters. The van der Waals surface area contributed by atoms with Crippen molar-refractivity contribution in [1.29, 1.82) is 0 Å². The van der Waals surface area contributed by atoms with Crippen LogP contribution in [0.4, 0.5) is 22.7 Å². The minimum absolute atomic E-state index is 0. The van der Waals surface area contributed by atoms with Gasteiger partial charge in [0.15, 0.2) is 0 Å². The molecule has 4 aromatic rings. The first-order valence-corrected chi connectivity index (χ1v) is 14.1. The fourth-order valence-corrected chi connectivity index (χ4v) is 5.42. The molecule has 0 aliphatic carbocycles. The van der Waals surface area contributed by atoms with Gasteiger partial charge in [-0.15, -0.1) is 0 Å². The number of hydrogen-bond acceptors (Lipinski definition) is 6. The number of nitrogens with zero attached hydrogens (tertiary/aromatic N) is 2. The normalized spacial score (nSPS) is 15.9. The summed E-state index contributed by atoms with van der Waals surface area (Å²) in [5.74, 6) is 0. The standard InChI is InChI=1S/C34H36N4O2.Na.H/c1-4-11-27(12-5-1)33(37-19-23-39-24-20-37)34(38-21-25-40-26-22-38)30-17-10-18-31(35-28-13-6-2-7-14-28)32(30)36-29-15-8-3-9-16-29;;/h1-18,35-36H,19-26H2;;/q;+1;-1. The number of morpholine rings is 2. The Morgan fingerprint density at radius 3 is 1.59 bits per heavy atom. The SMILES string of the molecule is [H-].[Na+].c1ccc(Nc2cccc(C(=C(c3ccccc3)N3CCOCC3)N3CCOCC3)c2Nc2ccccc2)cc1. The van der Waals surface area contributed by atoms with Crippen LogP contribution in [-0.4, -0.2) is 62.4 Å². The second-order valence-corrected chi connectivity index (χ2v) is 9.97. The summed E-state index contributed by atoms with van der Waals surface area (Å²) in [6, 6.07) is 38.1. The van der Waals surface area contributed by atoms with E-state index in [1.807, 2.05) is 12.1 Å². The van der Waals surface area contributed by atoms with Crippen molar-refractivity contribution < 1.29 is 40.5 Å². The molecule has 2 saturated heterocycles. The number of nitrogens with one attached hydrogen (secondary N) is 2. The summed E-state index contributed by atoms with van der Waals surface area (Å²) in [5, 5.41) is 7.48. The van der Waals surface area contributed by atoms with Crippen molar-refractivity contribution in [3.05, 3.63) is 120 Å². The molecule has 0 bridgehead atoms. The molecule has 0 amide bonds. The molecule has 0 unspecified atom stereocenters. The molecule has 2 aliphatic heterocycles. The van der Waals surface area contributed by atoms with E-state index in [1.54, 1.807) is 0 Å². The summed E-state index contributed by atoms with van der Waals surface area (Å²) in [6.07, 6.45) is 0. The van der Waals surface area contributed by atoms with Crippen LogP contribution in [0.5, 0.6) is 0 Å². The molecule has 2 N–H and O–H groups in total. The van der Waals surface area contributed by atoms with Gasteiger partial charge in [0.25, 0.3) is 0 Å². The zero-order valence-corrected chi connectivity index (χ0v) is 25.8. The first-order chi connectivity index (χ1) is 19.9. The smallest absolute Gasteiger partial charge is 1.00 e. The van der Waals surface area contributed by atoms with E-state index in [0.29, 0.717) is 13.2 Å². The molecule has 7 heteroatoms. The molecule has 2 fully saturated rings.